The number of anilines is 1. The monoisotopic (exact) mass is 521 g/mol. The van der Waals surface area contributed by atoms with Gasteiger partial charge in [-0.2, -0.15) is 13.1 Å². The number of hydrogen-bond acceptors (Lipinski definition) is 9. The first-order valence-corrected chi connectivity index (χ1v) is 13.4. The lowest BCUT2D eigenvalue weighted by molar-refractivity contribution is 0.0569. The number of ether oxygens (including phenoxy) is 3. The van der Waals surface area contributed by atoms with Crippen LogP contribution < -0.4 is 23.8 Å². The predicted molar refractivity (Wildman–Crippen MR) is 137 cm³/mol. The fourth-order valence-electron chi connectivity index (χ4n) is 4.58. The van der Waals surface area contributed by atoms with Gasteiger partial charge in [-0.25, -0.2) is 9.52 Å². The number of carbonyl (C=O) groups is 1. The van der Waals surface area contributed by atoms with E-state index in [9.17, 15) is 13.2 Å². The summed E-state index contributed by atoms with van der Waals surface area (Å²) in [4.78, 5) is 21.0. The van der Waals surface area contributed by atoms with Crippen LogP contribution in [0.5, 0.6) is 11.5 Å². The lowest BCUT2D eigenvalue weighted by Crippen LogP contribution is -2.56. The second-order valence-corrected chi connectivity index (χ2v) is 11.7. The molecule has 1 aliphatic heterocycles. The summed E-state index contributed by atoms with van der Waals surface area (Å²) in [5.41, 5.74) is 0.894. The molecule has 0 bridgehead atoms. The van der Waals surface area contributed by atoms with Crippen molar-refractivity contribution in [1.82, 2.24) is 19.3 Å². The molecule has 0 spiro atoms. The van der Waals surface area contributed by atoms with E-state index in [1.54, 1.807) is 41.2 Å². The van der Waals surface area contributed by atoms with Crippen molar-refractivity contribution in [2.45, 2.75) is 44.8 Å². The fourth-order valence-corrected chi connectivity index (χ4v) is 5.37. The highest BCUT2D eigenvalue weighted by atomic mass is 32.2. The largest absolute Gasteiger partial charge is 0.493 e. The third-order valence-electron chi connectivity index (χ3n) is 6.55. The van der Waals surface area contributed by atoms with Crippen LogP contribution in [-0.4, -0.2) is 82.5 Å². The molecule has 1 aliphatic carbocycles. The van der Waals surface area contributed by atoms with Crippen molar-refractivity contribution < 1.29 is 27.4 Å². The molecule has 1 saturated heterocycles. The Kier molecular flexibility index (Phi) is 7.22. The normalized spacial score (nSPS) is 18.1. The number of methoxy groups -OCH3 is 2. The molecule has 2 heterocycles. The molecule has 11 nitrogen and oxygen atoms in total. The highest BCUT2D eigenvalue weighted by molar-refractivity contribution is 7.88. The van der Waals surface area contributed by atoms with Gasteiger partial charge in [-0.15, -0.1) is 0 Å². The molecule has 198 valence electrons. The van der Waals surface area contributed by atoms with Crippen LogP contribution in [0, 0.1) is 0 Å². The number of carbonyl (C=O) groups excluding carboxylic acids is 1. The van der Waals surface area contributed by atoms with Gasteiger partial charge >= 0.3 is 16.3 Å². The standard InChI is InChI=1S/C24H35N5O6S/c1-23(2,3)35-22(30)27-36(31,32)26-16-24(7-8-24)29-12-10-28(11-13-29)19-6-9-25-18-15-21(34-5)20(33-4)14-17(18)19/h6,9,14-15,26H,7-8,10-13,16H2,1-5H3,(H,27,30). The number of hydrogen-bond donors (Lipinski definition) is 2. The average Bonchev–Trinajstić information content (AvgIpc) is 3.61. The van der Waals surface area contributed by atoms with Crippen LogP contribution >= 0.6 is 0 Å². The third-order valence-corrected chi connectivity index (χ3v) is 7.51. The third kappa shape index (κ3) is 5.93. The Bertz CT molecular complexity index is 1220. The first-order chi connectivity index (χ1) is 17.0. The van der Waals surface area contributed by atoms with Gasteiger partial charge in [0.05, 0.1) is 19.7 Å². The van der Waals surface area contributed by atoms with Crippen LogP contribution in [0.2, 0.25) is 0 Å². The molecule has 1 aromatic carbocycles. The smallest absolute Gasteiger partial charge is 0.422 e. The van der Waals surface area contributed by atoms with Crippen molar-refractivity contribution in [2.75, 3.05) is 51.8 Å². The van der Waals surface area contributed by atoms with Crippen LogP contribution in [0.25, 0.3) is 10.9 Å². The zero-order chi connectivity index (χ0) is 26.1. The highest BCUT2D eigenvalue weighted by Gasteiger charge is 2.49. The maximum atomic E-state index is 12.4. The second-order valence-electron chi connectivity index (χ2n) is 10.2. The number of nitrogens with one attached hydrogen (secondary N) is 2. The van der Waals surface area contributed by atoms with Gasteiger partial charge < -0.3 is 19.1 Å². The molecule has 2 aromatic rings. The Labute approximate surface area is 212 Å². The molecule has 1 aromatic heterocycles. The topological polar surface area (TPSA) is 122 Å². The number of nitrogens with zero attached hydrogens (tertiary/aromatic N) is 3. The molecule has 0 atom stereocenters. The van der Waals surface area contributed by atoms with Gasteiger partial charge in [0, 0.05) is 61.6 Å². The molecule has 2 N–H and O–H groups in total. The van der Waals surface area contributed by atoms with Gasteiger partial charge in [-0.05, 0) is 45.7 Å². The summed E-state index contributed by atoms with van der Waals surface area (Å²) in [5.74, 6) is 1.29. The zero-order valence-electron chi connectivity index (χ0n) is 21.5. The molecule has 36 heavy (non-hydrogen) atoms. The average molecular weight is 522 g/mol. The number of fused-ring (bicyclic) bond motifs is 1. The molecule has 2 fully saturated rings. The number of pyridine rings is 1. The van der Waals surface area contributed by atoms with Gasteiger partial charge in [-0.1, -0.05) is 0 Å². The summed E-state index contributed by atoms with van der Waals surface area (Å²) in [7, 11) is -0.795. The molecular formula is C24H35N5O6S. The number of piperazine rings is 1. The Morgan fingerprint density at radius 3 is 2.31 bits per heavy atom. The Hall–Kier alpha value is -2.83. The van der Waals surface area contributed by atoms with Crippen LogP contribution in [-0.2, 0) is 14.9 Å². The van der Waals surface area contributed by atoms with E-state index in [2.05, 4.69) is 19.5 Å². The summed E-state index contributed by atoms with van der Waals surface area (Å²) >= 11 is 0. The lowest BCUT2D eigenvalue weighted by Gasteiger charge is -2.41. The molecular weight excluding hydrogens is 486 g/mol. The van der Waals surface area contributed by atoms with Crippen molar-refractivity contribution in [2.24, 2.45) is 0 Å². The fraction of sp³-hybridized carbons (Fsp3) is 0.583. The van der Waals surface area contributed by atoms with E-state index in [0.717, 1.165) is 55.6 Å². The summed E-state index contributed by atoms with van der Waals surface area (Å²) < 4.78 is 45.1. The molecule has 1 saturated carbocycles. The van der Waals surface area contributed by atoms with E-state index in [0.29, 0.717) is 11.5 Å². The van der Waals surface area contributed by atoms with Crippen molar-refractivity contribution in [1.29, 1.82) is 0 Å². The number of aromatic nitrogens is 1. The molecule has 1 amide bonds. The highest BCUT2D eigenvalue weighted by Crippen LogP contribution is 2.42. The Morgan fingerprint density at radius 1 is 1.08 bits per heavy atom. The van der Waals surface area contributed by atoms with E-state index in [4.69, 9.17) is 14.2 Å². The van der Waals surface area contributed by atoms with Crippen LogP contribution in [0.3, 0.4) is 0 Å². The summed E-state index contributed by atoms with van der Waals surface area (Å²) in [6.45, 7) is 8.42. The lowest BCUT2D eigenvalue weighted by atomic mass is 10.1. The summed E-state index contributed by atoms with van der Waals surface area (Å²) in [5, 5.41) is 0.991. The minimum atomic E-state index is -4.02. The van der Waals surface area contributed by atoms with Gasteiger partial charge in [0.2, 0.25) is 0 Å². The van der Waals surface area contributed by atoms with Crippen molar-refractivity contribution in [3.05, 3.63) is 24.4 Å². The van der Waals surface area contributed by atoms with Gasteiger partial charge in [0.1, 0.15) is 5.60 Å². The van der Waals surface area contributed by atoms with Gasteiger partial charge in [0.25, 0.3) is 0 Å². The van der Waals surface area contributed by atoms with Gasteiger partial charge in [0.15, 0.2) is 11.5 Å². The SMILES string of the molecule is COc1cc2nccc(N3CCN(C4(CNS(=O)(=O)NC(=O)OC(C)(C)C)CC4)CC3)c2cc1OC. The number of amides is 1. The minimum Gasteiger partial charge on any atom is -0.493 e. The molecule has 2 aliphatic rings. The molecule has 0 unspecified atom stereocenters. The quantitative estimate of drug-likeness (QED) is 0.539. The van der Waals surface area contributed by atoms with E-state index < -0.39 is 21.9 Å². The van der Waals surface area contributed by atoms with Gasteiger partial charge in [-0.3, -0.25) is 9.88 Å². The Morgan fingerprint density at radius 2 is 1.72 bits per heavy atom. The summed E-state index contributed by atoms with van der Waals surface area (Å²) in [6, 6.07) is 5.84. The van der Waals surface area contributed by atoms with E-state index in [1.165, 1.54) is 0 Å². The first kappa shape index (κ1) is 26.2. The predicted octanol–water partition coefficient (Wildman–Crippen LogP) is 2.27. The van der Waals surface area contributed by atoms with Crippen LogP contribution in [0.15, 0.2) is 24.4 Å². The number of benzene rings is 1. The van der Waals surface area contributed by atoms with Crippen molar-refractivity contribution in [3.8, 4) is 11.5 Å². The van der Waals surface area contributed by atoms with Crippen LogP contribution in [0.4, 0.5) is 10.5 Å². The maximum absolute atomic E-state index is 12.4. The van der Waals surface area contributed by atoms with E-state index in [-0.39, 0.29) is 12.1 Å². The van der Waals surface area contributed by atoms with E-state index >= 15 is 0 Å². The van der Waals surface area contributed by atoms with Crippen LogP contribution in [0.1, 0.15) is 33.6 Å². The summed E-state index contributed by atoms with van der Waals surface area (Å²) in [6.07, 6.45) is 2.60. The second kappa shape index (κ2) is 9.91. The number of rotatable bonds is 8. The maximum Gasteiger partial charge on any atom is 0.422 e. The Balaban J connectivity index is 1.38. The molecule has 12 heteroatoms. The first-order valence-electron chi connectivity index (χ1n) is 12.0. The zero-order valence-corrected chi connectivity index (χ0v) is 22.3. The van der Waals surface area contributed by atoms with Crippen molar-refractivity contribution in [3.63, 3.8) is 0 Å². The minimum absolute atomic E-state index is 0.230. The molecule has 0 radical (unpaired) electrons. The van der Waals surface area contributed by atoms with E-state index in [1.807, 2.05) is 22.9 Å². The van der Waals surface area contributed by atoms with Crippen molar-refractivity contribution >= 4 is 32.9 Å². The molecule has 4 rings (SSSR count).